The Morgan fingerprint density at radius 3 is 2.26 bits per heavy atom. The van der Waals surface area contributed by atoms with Crippen molar-refractivity contribution >= 4 is 27.5 Å². The highest BCUT2D eigenvalue weighted by atomic mass is 32.2. The van der Waals surface area contributed by atoms with E-state index in [0.717, 1.165) is 18.4 Å². The zero-order valence-electron chi connectivity index (χ0n) is 19.2. The third-order valence-electron chi connectivity index (χ3n) is 5.05. The molecular formula is C23H28F3N3O4S. The van der Waals surface area contributed by atoms with Gasteiger partial charge in [0, 0.05) is 13.1 Å². The van der Waals surface area contributed by atoms with Gasteiger partial charge in [0.25, 0.3) is 0 Å². The van der Waals surface area contributed by atoms with Gasteiger partial charge in [-0.15, -0.1) is 0 Å². The summed E-state index contributed by atoms with van der Waals surface area (Å²) in [5, 5.41) is 2.70. The van der Waals surface area contributed by atoms with Crippen molar-refractivity contribution in [2.75, 3.05) is 23.7 Å². The van der Waals surface area contributed by atoms with Crippen molar-refractivity contribution < 1.29 is 31.2 Å². The molecule has 0 aromatic heterocycles. The minimum atomic E-state index is -4.69. The van der Waals surface area contributed by atoms with Crippen molar-refractivity contribution in [3.63, 3.8) is 0 Å². The zero-order chi connectivity index (χ0) is 25.5. The fraction of sp³-hybridized carbons (Fsp3) is 0.391. The van der Waals surface area contributed by atoms with E-state index in [1.165, 1.54) is 17.9 Å². The maximum Gasteiger partial charge on any atom is 0.416 e. The van der Waals surface area contributed by atoms with Crippen LogP contribution in [-0.2, 0) is 32.3 Å². The largest absolute Gasteiger partial charge is 0.416 e. The quantitative estimate of drug-likeness (QED) is 0.543. The minimum Gasteiger partial charge on any atom is -0.354 e. The van der Waals surface area contributed by atoms with Gasteiger partial charge in [0.1, 0.15) is 12.6 Å². The van der Waals surface area contributed by atoms with Gasteiger partial charge in [-0.1, -0.05) is 43.3 Å². The molecule has 1 N–H and O–H groups in total. The number of halogens is 3. The summed E-state index contributed by atoms with van der Waals surface area (Å²) in [5.74, 6) is -1.15. The van der Waals surface area contributed by atoms with E-state index in [1.54, 1.807) is 30.3 Å². The second-order valence-corrected chi connectivity index (χ2v) is 9.70. The molecule has 186 valence electrons. The maximum absolute atomic E-state index is 13.3. The molecule has 0 saturated carbocycles. The van der Waals surface area contributed by atoms with Crippen molar-refractivity contribution in [1.29, 1.82) is 0 Å². The monoisotopic (exact) mass is 499 g/mol. The average molecular weight is 500 g/mol. The number of carbonyl (C=O) groups is 2. The van der Waals surface area contributed by atoms with Crippen LogP contribution in [0.4, 0.5) is 18.9 Å². The maximum atomic E-state index is 13.3. The van der Waals surface area contributed by atoms with Gasteiger partial charge in [0.2, 0.25) is 21.8 Å². The Hall–Kier alpha value is -3.08. The lowest BCUT2D eigenvalue weighted by atomic mass is 10.1. The summed E-state index contributed by atoms with van der Waals surface area (Å²) in [7, 11) is -4.12. The van der Waals surface area contributed by atoms with Crippen LogP contribution in [-0.4, -0.2) is 50.5 Å². The SMILES string of the molecule is CCCNC(=O)[C@@H](C)N(Cc1ccccc1)C(=O)CN(c1cccc(C(F)(F)F)c1)S(C)(=O)=O. The molecule has 0 bridgehead atoms. The van der Waals surface area contributed by atoms with Crippen LogP contribution >= 0.6 is 0 Å². The molecule has 0 heterocycles. The van der Waals surface area contributed by atoms with Gasteiger partial charge in [-0.05, 0) is 37.1 Å². The van der Waals surface area contributed by atoms with Crippen molar-refractivity contribution in [2.24, 2.45) is 0 Å². The van der Waals surface area contributed by atoms with E-state index in [9.17, 15) is 31.2 Å². The van der Waals surface area contributed by atoms with Gasteiger partial charge >= 0.3 is 6.18 Å². The van der Waals surface area contributed by atoms with Gasteiger partial charge < -0.3 is 10.2 Å². The van der Waals surface area contributed by atoms with E-state index >= 15 is 0 Å². The lowest BCUT2D eigenvalue weighted by Crippen LogP contribution is -2.51. The molecule has 2 rings (SSSR count). The third kappa shape index (κ3) is 7.47. The van der Waals surface area contributed by atoms with Gasteiger partial charge in [-0.25, -0.2) is 8.42 Å². The Morgan fingerprint density at radius 1 is 1.06 bits per heavy atom. The molecule has 0 aliphatic heterocycles. The first-order chi connectivity index (χ1) is 15.8. The smallest absolute Gasteiger partial charge is 0.354 e. The van der Waals surface area contributed by atoms with Crippen molar-refractivity contribution in [1.82, 2.24) is 10.2 Å². The van der Waals surface area contributed by atoms with Gasteiger partial charge in [0.15, 0.2) is 0 Å². The highest BCUT2D eigenvalue weighted by Gasteiger charge is 2.33. The number of anilines is 1. The van der Waals surface area contributed by atoms with E-state index in [1.807, 2.05) is 6.92 Å². The Balaban J connectivity index is 2.40. The number of hydrogen-bond acceptors (Lipinski definition) is 4. The first-order valence-corrected chi connectivity index (χ1v) is 12.5. The third-order valence-corrected chi connectivity index (χ3v) is 6.19. The number of nitrogens with one attached hydrogen (secondary N) is 1. The van der Waals surface area contributed by atoms with Gasteiger partial charge in [0.05, 0.1) is 17.5 Å². The molecule has 1 atom stereocenters. The van der Waals surface area contributed by atoms with Crippen LogP contribution in [0.1, 0.15) is 31.4 Å². The number of carbonyl (C=O) groups excluding carboxylic acids is 2. The number of amides is 2. The molecule has 7 nitrogen and oxygen atoms in total. The molecule has 0 saturated heterocycles. The summed E-state index contributed by atoms with van der Waals surface area (Å²) in [6, 6.07) is 11.6. The average Bonchev–Trinajstić information content (AvgIpc) is 2.78. The molecule has 11 heteroatoms. The fourth-order valence-electron chi connectivity index (χ4n) is 3.21. The molecule has 0 spiro atoms. The van der Waals surface area contributed by atoms with Crippen molar-refractivity contribution in [3.8, 4) is 0 Å². The molecule has 2 aromatic carbocycles. The lowest BCUT2D eigenvalue weighted by molar-refractivity contribution is -0.139. The predicted octanol–water partition coefficient (Wildman–Crippen LogP) is 3.41. The summed E-state index contributed by atoms with van der Waals surface area (Å²) in [6.07, 6.45) is -3.20. The van der Waals surface area contributed by atoms with Crippen molar-refractivity contribution in [3.05, 3.63) is 65.7 Å². The standard InChI is InChI=1S/C23H28F3N3O4S/c1-4-13-27-22(31)17(2)28(15-18-9-6-5-7-10-18)21(30)16-29(34(3,32)33)20-12-8-11-19(14-20)23(24,25)26/h5-12,14,17H,4,13,15-16H2,1-3H3,(H,27,31)/t17-/m1/s1. The fourth-order valence-corrected chi connectivity index (χ4v) is 4.05. The Labute approximate surface area is 197 Å². The second-order valence-electron chi connectivity index (χ2n) is 7.79. The molecule has 2 amide bonds. The number of sulfonamides is 1. The van der Waals surface area contributed by atoms with E-state index in [-0.39, 0.29) is 12.2 Å². The first kappa shape index (κ1) is 27.2. The lowest BCUT2D eigenvalue weighted by Gasteiger charge is -2.31. The second kappa shape index (κ2) is 11.4. The summed E-state index contributed by atoms with van der Waals surface area (Å²) < 4.78 is 65.0. The summed E-state index contributed by atoms with van der Waals surface area (Å²) in [5.41, 5.74) is -0.635. The van der Waals surface area contributed by atoms with Crippen LogP contribution in [0.5, 0.6) is 0 Å². The predicted molar refractivity (Wildman–Crippen MR) is 123 cm³/mol. The topological polar surface area (TPSA) is 86.8 Å². The molecule has 0 radical (unpaired) electrons. The molecule has 0 fully saturated rings. The highest BCUT2D eigenvalue weighted by molar-refractivity contribution is 7.92. The molecule has 0 aliphatic carbocycles. The van der Waals surface area contributed by atoms with Gasteiger partial charge in [-0.3, -0.25) is 13.9 Å². The summed E-state index contributed by atoms with van der Waals surface area (Å²) in [4.78, 5) is 27.1. The Bertz CT molecular complexity index is 1090. The number of alkyl halides is 3. The highest BCUT2D eigenvalue weighted by Crippen LogP contribution is 2.32. The normalized spacial score (nSPS) is 12.6. The van der Waals surface area contributed by atoms with Gasteiger partial charge in [-0.2, -0.15) is 13.2 Å². The molecule has 34 heavy (non-hydrogen) atoms. The van der Waals surface area contributed by atoms with Crippen LogP contribution in [0.25, 0.3) is 0 Å². The number of benzene rings is 2. The molecule has 0 unspecified atom stereocenters. The first-order valence-electron chi connectivity index (χ1n) is 10.6. The van der Waals surface area contributed by atoms with E-state index in [2.05, 4.69) is 5.32 Å². The Morgan fingerprint density at radius 2 is 1.71 bits per heavy atom. The molecule has 2 aromatic rings. The van der Waals surface area contributed by atoms with Crippen molar-refractivity contribution in [2.45, 2.75) is 39.0 Å². The Kier molecular flexibility index (Phi) is 9.08. The molecule has 0 aliphatic rings. The van der Waals surface area contributed by atoms with Crippen LogP contribution < -0.4 is 9.62 Å². The minimum absolute atomic E-state index is 0.0145. The number of rotatable bonds is 10. The van der Waals surface area contributed by atoms with E-state index in [4.69, 9.17) is 0 Å². The number of nitrogens with zero attached hydrogens (tertiary/aromatic N) is 2. The number of hydrogen-bond donors (Lipinski definition) is 1. The van der Waals surface area contributed by atoms with Crippen LogP contribution in [0, 0.1) is 0 Å². The summed E-state index contributed by atoms with van der Waals surface area (Å²) >= 11 is 0. The van der Waals surface area contributed by atoms with E-state index < -0.39 is 46.2 Å². The molecular weight excluding hydrogens is 471 g/mol. The summed E-state index contributed by atoms with van der Waals surface area (Å²) in [6.45, 7) is 3.03. The van der Waals surface area contributed by atoms with Crippen LogP contribution in [0.2, 0.25) is 0 Å². The zero-order valence-corrected chi connectivity index (χ0v) is 20.0. The van der Waals surface area contributed by atoms with Crippen LogP contribution in [0.3, 0.4) is 0 Å². The van der Waals surface area contributed by atoms with E-state index in [0.29, 0.717) is 28.9 Å². The van der Waals surface area contributed by atoms with Crippen LogP contribution in [0.15, 0.2) is 54.6 Å².